The van der Waals surface area contributed by atoms with E-state index in [4.69, 9.17) is 11.5 Å². The van der Waals surface area contributed by atoms with Gasteiger partial charge < -0.3 is 21.7 Å². The van der Waals surface area contributed by atoms with Gasteiger partial charge in [-0.25, -0.2) is 8.78 Å². The zero-order valence-electron chi connectivity index (χ0n) is 11.6. The van der Waals surface area contributed by atoms with Gasteiger partial charge in [0.05, 0.1) is 12.2 Å². The normalized spacial score (nSPS) is 27.5. The van der Waals surface area contributed by atoms with Crippen molar-refractivity contribution in [3.63, 3.8) is 0 Å². The highest BCUT2D eigenvalue weighted by Gasteiger charge is 2.52. The highest BCUT2D eigenvalue weighted by atomic mass is 19.1. The molecule has 0 radical (unpaired) electrons. The molecule has 0 amide bonds. The molecule has 0 saturated heterocycles. The number of nitrogens with two attached hydrogens (primary N) is 2. The predicted octanol–water partition coefficient (Wildman–Crippen LogP) is 1.73. The van der Waals surface area contributed by atoms with Crippen LogP contribution in [0.25, 0.3) is 0 Å². The van der Waals surface area contributed by atoms with Crippen molar-refractivity contribution in [2.45, 2.75) is 24.0 Å². The van der Waals surface area contributed by atoms with E-state index >= 15 is 0 Å². The Morgan fingerprint density at radius 2 is 1.09 bits per heavy atom. The number of aliphatic hydroxyl groups excluding tert-OH is 2. The zero-order chi connectivity index (χ0) is 16.0. The molecule has 0 bridgehead atoms. The lowest BCUT2D eigenvalue weighted by atomic mass is 9.63. The van der Waals surface area contributed by atoms with Gasteiger partial charge in [0.1, 0.15) is 11.6 Å². The summed E-state index contributed by atoms with van der Waals surface area (Å²) in [6, 6.07) is 8.11. The van der Waals surface area contributed by atoms with Crippen LogP contribution in [0.3, 0.4) is 0 Å². The van der Waals surface area contributed by atoms with E-state index in [1.165, 1.54) is 24.3 Å². The number of benzene rings is 2. The van der Waals surface area contributed by atoms with Gasteiger partial charge in [-0.2, -0.15) is 0 Å². The monoisotopic (exact) mass is 306 g/mol. The molecule has 22 heavy (non-hydrogen) atoms. The third-order valence-electron chi connectivity index (χ3n) is 4.24. The molecule has 0 aromatic heterocycles. The van der Waals surface area contributed by atoms with E-state index in [2.05, 4.69) is 0 Å². The number of nitrogen functional groups attached to an aromatic ring is 2. The first-order chi connectivity index (χ1) is 10.4. The van der Waals surface area contributed by atoms with Crippen molar-refractivity contribution in [1.29, 1.82) is 0 Å². The molecule has 2 aromatic carbocycles. The van der Waals surface area contributed by atoms with E-state index in [1.54, 1.807) is 0 Å². The van der Waals surface area contributed by atoms with Gasteiger partial charge in [0.25, 0.3) is 0 Å². The van der Waals surface area contributed by atoms with Crippen molar-refractivity contribution < 1.29 is 19.0 Å². The van der Waals surface area contributed by atoms with Crippen molar-refractivity contribution in [1.82, 2.24) is 0 Å². The van der Waals surface area contributed by atoms with E-state index in [-0.39, 0.29) is 22.5 Å². The second-order valence-corrected chi connectivity index (χ2v) is 5.59. The van der Waals surface area contributed by atoms with Crippen LogP contribution in [0.5, 0.6) is 0 Å². The maximum Gasteiger partial charge on any atom is 0.128 e. The summed E-state index contributed by atoms with van der Waals surface area (Å²) in [6.07, 6.45) is -2.18. The summed E-state index contributed by atoms with van der Waals surface area (Å²) in [5.74, 6) is -2.83. The summed E-state index contributed by atoms with van der Waals surface area (Å²) < 4.78 is 27.9. The molecular weight excluding hydrogens is 290 g/mol. The lowest BCUT2D eigenvalue weighted by Gasteiger charge is -2.47. The minimum absolute atomic E-state index is 0.168. The van der Waals surface area contributed by atoms with Crippen molar-refractivity contribution in [2.24, 2.45) is 0 Å². The number of aliphatic hydroxyl groups is 2. The minimum Gasteiger partial charge on any atom is -0.399 e. The quantitative estimate of drug-likeness (QED) is 0.636. The second kappa shape index (κ2) is 5.23. The van der Waals surface area contributed by atoms with Crippen molar-refractivity contribution in [3.05, 3.63) is 59.2 Å². The van der Waals surface area contributed by atoms with Crippen LogP contribution in [0.1, 0.15) is 23.0 Å². The number of hydrogen-bond donors (Lipinski definition) is 4. The fourth-order valence-electron chi connectivity index (χ4n) is 3.07. The average Bonchev–Trinajstić information content (AvgIpc) is 2.45. The molecule has 1 aliphatic carbocycles. The SMILES string of the molecule is Nc1ccc(C2C(O)C(c3ccc(N)cc3F)C2O)c(F)c1. The molecule has 1 aliphatic rings. The summed E-state index contributed by atoms with van der Waals surface area (Å²) >= 11 is 0. The average molecular weight is 306 g/mol. The molecular formula is C16H16F2N2O2. The standard InChI is InChI=1S/C16H16F2N2O2/c17-11-5-7(19)1-3-9(11)13-15(21)14(16(13)22)10-4-2-8(20)6-12(10)18/h1-6,13-16,21-22H,19-20H2. The Hall–Kier alpha value is -2.18. The molecule has 0 aliphatic heterocycles. The van der Waals surface area contributed by atoms with Crippen LogP contribution in [-0.2, 0) is 0 Å². The molecule has 3 rings (SSSR count). The van der Waals surface area contributed by atoms with E-state index in [0.29, 0.717) is 0 Å². The smallest absolute Gasteiger partial charge is 0.128 e. The highest BCUT2D eigenvalue weighted by Crippen LogP contribution is 2.49. The van der Waals surface area contributed by atoms with E-state index in [1.807, 2.05) is 0 Å². The summed E-state index contributed by atoms with van der Waals surface area (Å²) in [4.78, 5) is 0. The van der Waals surface area contributed by atoms with Crippen molar-refractivity contribution >= 4 is 11.4 Å². The Morgan fingerprint density at radius 1 is 0.727 bits per heavy atom. The summed E-state index contributed by atoms with van der Waals surface area (Å²) in [5.41, 5.74) is 11.8. The van der Waals surface area contributed by atoms with Gasteiger partial charge in [-0.05, 0) is 35.4 Å². The predicted molar refractivity (Wildman–Crippen MR) is 79.1 cm³/mol. The van der Waals surface area contributed by atoms with Gasteiger partial charge >= 0.3 is 0 Å². The van der Waals surface area contributed by atoms with Crippen LogP contribution in [0.15, 0.2) is 36.4 Å². The number of rotatable bonds is 2. The molecule has 4 nitrogen and oxygen atoms in total. The number of anilines is 2. The van der Waals surface area contributed by atoms with E-state index < -0.39 is 35.7 Å². The van der Waals surface area contributed by atoms with Gasteiger partial charge in [-0.15, -0.1) is 0 Å². The maximum atomic E-state index is 13.9. The van der Waals surface area contributed by atoms with Crippen LogP contribution in [-0.4, -0.2) is 22.4 Å². The molecule has 2 aromatic rings. The van der Waals surface area contributed by atoms with E-state index in [0.717, 1.165) is 12.1 Å². The fourth-order valence-corrected chi connectivity index (χ4v) is 3.07. The van der Waals surface area contributed by atoms with Gasteiger partial charge in [0.2, 0.25) is 0 Å². The molecule has 0 spiro atoms. The summed E-state index contributed by atoms with van der Waals surface area (Å²) in [6.45, 7) is 0. The Labute approximate surface area is 126 Å². The first kappa shape index (κ1) is 14.7. The third-order valence-corrected chi connectivity index (χ3v) is 4.24. The topological polar surface area (TPSA) is 92.5 Å². The second-order valence-electron chi connectivity index (χ2n) is 5.59. The lowest BCUT2D eigenvalue weighted by Crippen LogP contribution is -2.52. The van der Waals surface area contributed by atoms with Crippen LogP contribution in [0.2, 0.25) is 0 Å². The summed E-state index contributed by atoms with van der Waals surface area (Å²) in [7, 11) is 0. The fraction of sp³-hybridized carbons (Fsp3) is 0.250. The molecule has 0 unspecified atom stereocenters. The zero-order valence-corrected chi connectivity index (χ0v) is 11.6. The minimum atomic E-state index is -1.09. The van der Waals surface area contributed by atoms with Gasteiger partial charge in [0, 0.05) is 23.2 Å². The lowest BCUT2D eigenvalue weighted by molar-refractivity contribution is -0.0806. The molecule has 1 saturated carbocycles. The third kappa shape index (κ3) is 2.20. The molecule has 0 heterocycles. The van der Waals surface area contributed by atoms with Gasteiger partial charge in [-0.1, -0.05) is 12.1 Å². The van der Waals surface area contributed by atoms with Gasteiger partial charge in [0.15, 0.2) is 0 Å². The van der Waals surface area contributed by atoms with Crippen molar-refractivity contribution in [3.8, 4) is 0 Å². The molecule has 6 N–H and O–H groups in total. The Balaban J connectivity index is 1.91. The Kier molecular flexibility index (Phi) is 3.50. The van der Waals surface area contributed by atoms with E-state index in [9.17, 15) is 19.0 Å². The van der Waals surface area contributed by atoms with Gasteiger partial charge in [-0.3, -0.25) is 0 Å². The Morgan fingerprint density at radius 3 is 1.41 bits per heavy atom. The van der Waals surface area contributed by atoms with Crippen molar-refractivity contribution in [2.75, 3.05) is 11.5 Å². The molecule has 1 fully saturated rings. The molecule has 116 valence electrons. The maximum absolute atomic E-state index is 13.9. The molecule has 0 atom stereocenters. The summed E-state index contributed by atoms with van der Waals surface area (Å²) in [5, 5.41) is 20.6. The van der Waals surface area contributed by atoms with Crippen LogP contribution >= 0.6 is 0 Å². The first-order valence-electron chi connectivity index (χ1n) is 6.86. The van der Waals surface area contributed by atoms with Crippen LogP contribution < -0.4 is 11.5 Å². The van der Waals surface area contributed by atoms with Crippen LogP contribution in [0.4, 0.5) is 20.2 Å². The van der Waals surface area contributed by atoms with Crippen LogP contribution in [0, 0.1) is 11.6 Å². The highest BCUT2D eigenvalue weighted by molar-refractivity contribution is 5.46. The number of halogens is 2. The first-order valence-corrected chi connectivity index (χ1v) is 6.86. The Bertz CT molecular complexity index is 654. The molecule has 6 heteroatoms. The largest absolute Gasteiger partial charge is 0.399 e. The number of hydrogen-bond acceptors (Lipinski definition) is 4.